The third-order valence-electron chi connectivity index (χ3n) is 5.22. The van der Waals surface area contributed by atoms with Gasteiger partial charge in [0.1, 0.15) is 12.4 Å². The van der Waals surface area contributed by atoms with Crippen LogP contribution in [-0.4, -0.2) is 58.7 Å². The molecule has 0 aliphatic carbocycles. The average Bonchev–Trinajstić information content (AvgIpc) is 3.32. The van der Waals surface area contributed by atoms with Gasteiger partial charge in [0, 0.05) is 43.5 Å². The molecule has 30 heavy (non-hydrogen) atoms. The summed E-state index contributed by atoms with van der Waals surface area (Å²) in [5, 5.41) is 10.8. The maximum absolute atomic E-state index is 10.8. The number of nitro benzene ring substituents is 1. The molecule has 0 N–H and O–H groups in total. The fraction of sp³-hybridized carbons (Fsp3) is 0.286. The van der Waals surface area contributed by atoms with Crippen molar-refractivity contribution < 1.29 is 14.4 Å². The number of imidazole rings is 1. The molecular formula is C21H20N4O4S. The molecule has 3 heterocycles. The summed E-state index contributed by atoms with van der Waals surface area (Å²) in [4.78, 5) is 18.4. The Morgan fingerprint density at radius 3 is 2.73 bits per heavy atom. The molecule has 0 amide bonds. The summed E-state index contributed by atoms with van der Waals surface area (Å²) < 4.78 is 14.5. The Morgan fingerprint density at radius 2 is 1.97 bits per heavy atom. The first kappa shape index (κ1) is 19.0. The standard InChI is InChI=1S/C21H20N4O4S/c26-25(27)16-3-1-15(2-4-16)18-14-24-19-6-5-17(13-20(19)30-21(24)22-18)29-12-9-23-7-10-28-11-8-23/h1-6,13-14H,7-12H2. The predicted molar refractivity (Wildman–Crippen MR) is 115 cm³/mol. The maximum Gasteiger partial charge on any atom is 0.269 e. The van der Waals surface area contributed by atoms with E-state index in [-0.39, 0.29) is 5.69 Å². The van der Waals surface area contributed by atoms with Gasteiger partial charge in [0.2, 0.25) is 0 Å². The first-order valence-electron chi connectivity index (χ1n) is 9.77. The van der Waals surface area contributed by atoms with Gasteiger partial charge in [0.05, 0.1) is 34.0 Å². The minimum atomic E-state index is -0.399. The minimum absolute atomic E-state index is 0.0753. The van der Waals surface area contributed by atoms with Gasteiger partial charge in [-0.05, 0) is 30.3 Å². The van der Waals surface area contributed by atoms with Gasteiger partial charge in [-0.3, -0.25) is 19.4 Å². The van der Waals surface area contributed by atoms with Crippen molar-refractivity contribution in [3.63, 3.8) is 0 Å². The topological polar surface area (TPSA) is 82.1 Å². The quantitative estimate of drug-likeness (QED) is 0.346. The van der Waals surface area contributed by atoms with Gasteiger partial charge < -0.3 is 9.47 Å². The fourth-order valence-electron chi connectivity index (χ4n) is 3.58. The molecule has 8 nitrogen and oxygen atoms in total. The second kappa shape index (κ2) is 8.02. The molecule has 0 unspecified atom stereocenters. The summed E-state index contributed by atoms with van der Waals surface area (Å²) in [5.41, 5.74) is 2.79. The fourth-order valence-corrected chi connectivity index (χ4v) is 4.62. The molecule has 5 rings (SSSR count). The summed E-state index contributed by atoms with van der Waals surface area (Å²) in [7, 11) is 0. The number of nitro groups is 1. The molecule has 2 aromatic heterocycles. The lowest BCUT2D eigenvalue weighted by Gasteiger charge is -2.26. The van der Waals surface area contributed by atoms with Crippen molar-refractivity contribution in [2.24, 2.45) is 0 Å². The third-order valence-corrected chi connectivity index (χ3v) is 6.24. The number of non-ortho nitro benzene ring substituents is 1. The van der Waals surface area contributed by atoms with Gasteiger partial charge in [0.15, 0.2) is 4.96 Å². The first-order chi connectivity index (χ1) is 14.7. The molecule has 9 heteroatoms. The third kappa shape index (κ3) is 3.74. The van der Waals surface area contributed by atoms with E-state index in [1.165, 1.54) is 12.1 Å². The summed E-state index contributed by atoms with van der Waals surface area (Å²) in [6.07, 6.45) is 1.97. The molecule has 4 aromatic rings. The van der Waals surface area contributed by atoms with Crippen LogP contribution in [0, 0.1) is 10.1 Å². The molecule has 0 spiro atoms. The highest BCUT2D eigenvalue weighted by Crippen LogP contribution is 2.32. The highest BCUT2D eigenvalue weighted by Gasteiger charge is 2.13. The van der Waals surface area contributed by atoms with Crippen LogP contribution in [0.2, 0.25) is 0 Å². The molecule has 1 saturated heterocycles. The smallest absolute Gasteiger partial charge is 0.269 e. The maximum atomic E-state index is 10.8. The summed E-state index contributed by atoms with van der Waals surface area (Å²) in [6, 6.07) is 12.5. The molecule has 154 valence electrons. The van der Waals surface area contributed by atoms with Crippen LogP contribution in [0.3, 0.4) is 0 Å². The lowest BCUT2D eigenvalue weighted by Crippen LogP contribution is -2.38. The van der Waals surface area contributed by atoms with E-state index >= 15 is 0 Å². The molecule has 0 radical (unpaired) electrons. The number of fused-ring (bicyclic) bond motifs is 3. The van der Waals surface area contributed by atoms with E-state index in [1.54, 1.807) is 23.5 Å². The number of nitrogens with zero attached hydrogens (tertiary/aromatic N) is 4. The molecule has 0 saturated carbocycles. The summed E-state index contributed by atoms with van der Waals surface area (Å²) >= 11 is 1.60. The monoisotopic (exact) mass is 424 g/mol. The number of ether oxygens (including phenoxy) is 2. The van der Waals surface area contributed by atoms with E-state index in [2.05, 4.69) is 11.0 Å². The highest BCUT2D eigenvalue weighted by molar-refractivity contribution is 7.23. The molecule has 0 atom stereocenters. The van der Waals surface area contributed by atoms with Gasteiger partial charge in [-0.25, -0.2) is 4.98 Å². The Kier molecular flexibility index (Phi) is 5.07. The Labute approximate surface area is 176 Å². The number of aromatic nitrogens is 2. The van der Waals surface area contributed by atoms with E-state index in [1.807, 2.05) is 22.7 Å². The van der Waals surface area contributed by atoms with Crippen LogP contribution in [-0.2, 0) is 4.74 Å². The molecule has 2 aromatic carbocycles. The van der Waals surface area contributed by atoms with Crippen molar-refractivity contribution >= 4 is 32.2 Å². The van der Waals surface area contributed by atoms with Crippen LogP contribution >= 0.6 is 11.3 Å². The summed E-state index contributed by atoms with van der Waals surface area (Å²) in [5.74, 6) is 0.857. The number of hydrogen-bond acceptors (Lipinski definition) is 7. The minimum Gasteiger partial charge on any atom is -0.492 e. The van der Waals surface area contributed by atoms with E-state index < -0.39 is 4.92 Å². The second-order valence-electron chi connectivity index (χ2n) is 7.12. The van der Waals surface area contributed by atoms with E-state index in [9.17, 15) is 10.1 Å². The van der Waals surface area contributed by atoms with Crippen LogP contribution in [0.15, 0.2) is 48.7 Å². The summed E-state index contributed by atoms with van der Waals surface area (Å²) in [6.45, 7) is 5.06. The Morgan fingerprint density at radius 1 is 1.17 bits per heavy atom. The van der Waals surface area contributed by atoms with Gasteiger partial charge in [0.25, 0.3) is 5.69 Å². The zero-order valence-electron chi connectivity index (χ0n) is 16.2. The Bertz CT molecular complexity index is 1200. The molecule has 1 fully saturated rings. The van der Waals surface area contributed by atoms with Crippen molar-refractivity contribution in [3.8, 4) is 17.0 Å². The van der Waals surface area contributed by atoms with E-state index in [0.29, 0.717) is 6.61 Å². The SMILES string of the molecule is O=[N+]([O-])c1ccc(-c2cn3c(n2)sc2cc(OCCN4CCOCC4)ccc23)cc1. The zero-order chi connectivity index (χ0) is 20.5. The normalized spacial score (nSPS) is 15.1. The Hall–Kier alpha value is -3.01. The van der Waals surface area contributed by atoms with Crippen LogP contribution < -0.4 is 4.74 Å². The average molecular weight is 424 g/mol. The number of rotatable bonds is 6. The van der Waals surface area contributed by atoms with Gasteiger partial charge in [-0.1, -0.05) is 11.3 Å². The number of hydrogen-bond donors (Lipinski definition) is 0. The van der Waals surface area contributed by atoms with Crippen molar-refractivity contribution in [1.29, 1.82) is 0 Å². The van der Waals surface area contributed by atoms with Gasteiger partial charge in [-0.15, -0.1) is 0 Å². The lowest BCUT2D eigenvalue weighted by atomic mass is 10.1. The zero-order valence-corrected chi connectivity index (χ0v) is 17.0. The number of benzene rings is 2. The van der Waals surface area contributed by atoms with Gasteiger partial charge >= 0.3 is 0 Å². The van der Waals surface area contributed by atoms with Gasteiger partial charge in [-0.2, -0.15) is 0 Å². The first-order valence-corrected chi connectivity index (χ1v) is 10.6. The van der Waals surface area contributed by atoms with Crippen molar-refractivity contribution in [2.75, 3.05) is 39.5 Å². The van der Waals surface area contributed by atoms with Crippen LogP contribution in [0.5, 0.6) is 5.75 Å². The number of thiazole rings is 1. The van der Waals surface area contributed by atoms with Crippen molar-refractivity contribution in [2.45, 2.75) is 0 Å². The van der Waals surface area contributed by atoms with E-state index in [4.69, 9.17) is 14.5 Å². The number of morpholine rings is 1. The molecule has 1 aliphatic heterocycles. The molecule has 0 bridgehead atoms. The van der Waals surface area contributed by atoms with Crippen molar-refractivity contribution in [1.82, 2.24) is 14.3 Å². The largest absolute Gasteiger partial charge is 0.492 e. The Balaban J connectivity index is 1.32. The molecular weight excluding hydrogens is 404 g/mol. The van der Waals surface area contributed by atoms with Crippen LogP contribution in [0.4, 0.5) is 5.69 Å². The van der Waals surface area contributed by atoms with E-state index in [0.717, 1.165) is 65.0 Å². The highest BCUT2D eigenvalue weighted by atomic mass is 32.1. The predicted octanol–water partition coefficient (Wildman–Crippen LogP) is 3.84. The van der Waals surface area contributed by atoms with Crippen LogP contribution in [0.1, 0.15) is 0 Å². The second-order valence-corrected chi connectivity index (χ2v) is 8.13. The van der Waals surface area contributed by atoms with Crippen molar-refractivity contribution in [3.05, 3.63) is 58.8 Å². The molecule has 1 aliphatic rings. The lowest BCUT2D eigenvalue weighted by molar-refractivity contribution is -0.384. The van der Waals surface area contributed by atoms with Crippen LogP contribution in [0.25, 0.3) is 26.4 Å².